The molecule has 0 aliphatic carbocycles. The van der Waals surface area contributed by atoms with Crippen molar-refractivity contribution in [2.45, 2.75) is 18.1 Å². The molecule has 1 N–H and O–H groups in total. The molecule has 0 radical (unpaired) electrons. The van der Waals surface area contributed by atoms with Crippen LogP contribution in [0.5, 0.6) is 0 Å². The van der Waals surface area contributed by atoms with Crippen LogP contribution in [0, 0.1) is 5.82 Å². The number of alkyl halides is 2. The number of rotatable bonds is 6. The highest BCUT2D eigenvalue weighted by Crippen LogP contribution is 2.22. The van der Waals surface area contributed by atoms with E-state index in [1.807, 2.05) is 0 Å². The van der Waals surface area contributed by atoms with E-state index >= 15 is 0 Å². The van der Waals surface area contributed by atoms with Gasteiger partial charge in [0, 0.05) is 10.7 Å². The van der Waals surface area contributed by atoms with Crippen LogP contribution in [0.2, 0.25) is 5.02 Å². The molecule has 0 aliphatic heterocycles. The van der Waals surface area contributed by atoms with Crippen LogP contribution in [0.4, 0.5) is 18.9 Å². The Morgan fingerprint density at radius 2 is 1.95 bits per heavy atom. The Morgan fingerprint density at radius 1 is 1.20 bits per heavy atom. The van der Waals surface area contributed by atoms with Crippen LogP contribution in [0.25, 0.3) is 0 Å². The van der Waals surface area contributed by atoms with Crippen molar-refractivity contribution in [1.82, 2.24) is 0 Å². The van der Waals surface area contributed by atoms with Gasteiger partial charge in [-0.05, 0) is 30.3 Å². The Balaban J connectivity index is 1.90. The summed E-state index contributed by atoms with van der Waals surface area (Å²) in [5.41, 5.74) is 0.523. The lowest BCUT2D eigenvalue weighted by atomic mass is 10.3. The van der Waals surface area contributed by atoms with Gasteiger partial charge in [-0.15, -0.1) is 0 Å². The van der Waals surface area contributed by atoms with E-state index in [2.05, 4.69) is 5.32 Å². The zero-order chi connectivity index (χ0) is 14.5. The molecule has 2 nitrogen and oxygen atoms in total. The number of thioether (sulfide) groups is 1. The number of nitrogens with one attached hydrogen (secondary N) is 1. The molecule has 0 aliphatic rings. The minimum atomic E-state index is -2.42. The van der Waals surface area contributed by atoms with Crippen molar-refractivity contribution < 1.29 is 17.6 Å². The minimum absolute atomic E-state index is 0.115. The second-order valence-electron chi connectivity index (χ2n) is 3.95. The molecular weight excluding hydrogens is 311 g/mol. The van der Waals surface area contributed by atoms with Gasteiger partial charge in [0.05, 0.1) is 12.3 Å². The summed E-state index contributed by atoms with van der Waals surface area (Å²) in [6.07, 6.45) is 0. The second kappa shape index (κ2) is 6.95. The fraction of sp³-hybridized carbons (Fsp3) is 0.231. The molecule has 0 saturated carbocycles. The lowest BCUT2D eigenvalue weighted by Gasteiger charge is -2.05. The first-order valence-electron chi connectivity index (χ1n) is 5.70. The van der Waals surface area contributed by atoms with E-state index in [9.17, 15) is 13.2 Å². The minimum Gasteiger partial charge on any atom is -0.463 e. The van der Waals surface area contributed by atoms with Gasteiger partial charge in [0.15, 0.2) is 0 Å². The molecule has 1 heterocycles. The highest BCUT2D eigenvalue weighted by atomic mass is 35.5. The van der Waals surface area contributed by atoms with Gasteiger partial charge in [0.2, 0.25) is 0 Å². The van der Waals surface area contributed by atoms with Crippen molar-refractivity contribution in [1.29, 1.82) is 0 Å². The maximum absolute atomic E-state index is 13.1. The average molecular weight is 322 g/mol. The highest BCUT2D eigenvalue weighted by molar-refractivity contribution is 7.98. The smallest absolute Gasteiger partial charge is 0.284 e. The molecule has 0 amide bonds. The van der Waals surface area contributed by atoms with Crippen LogP contribution in [0.15, 0.2) is 34.7 Å². The third-order valence-corrected chi connectivity index (χ3v) is 3.32. The Morgan fingerprint density at radius 3 is 2.65 bits per heavy atom. The molecule has 0 saturated heterocycles. The van der Waals surface area contributed by atoms with Crippen molar-refractivity contribution in [3.8, 4) is 0 Å². The van der Waals surface area contributed by atoms with Gasteiger partial charge in [-0.1, -0.05) is 23.4 Å². The Kier molecular flexibility index (Phi) is 5.25. The third kappa shape index (κ3) is 4.68. The predicted octanol–water partition coefficient (Wildman–Crippen LogP) is 5.14. The van der Waals surface area contributed by atoms with Gasteiger partial charge in [-0.2, -0.15) is 8.78 Å². The van der Waals surface area contributed by atoms with E-state index in [0.717, 1.165) is 0 Å². The molecule has 0 unspecified atom stereocenters. The molecule has 7 heteroatoms. The molecule has 0 bridgehead atoms. The normalized spacial score (nSPS) is 11.1. The monoisotopic (exact) mass is 321 g/mol. The summed E-state index contributed by atoms with van der Waals surface area (Å²) in [4.78, 5) is 0. The van der Waals surface area contributed by atoms with E-state index in [0.29, 0.717) is 40.5 Å². The summed E-state index contributed by atoms with van der Waals surface area (Å²) in [5.74, 6) is -1.69. The van der Waals surface area contributed by atoms with Crippen molar-refractivity contribution in [2.75, 3.05) is 5.32 Å². The molecule has 1 aromatic heterocycles. The first-order valence-corrected chi connectivity index (χ1v) is 7.13. The largest absolute Gasteiger partial charge is 0.463 e. The highest BCUT2D eigenvalue weighted by Gasteiger charge is 2.07. The van der Waals surface area contributed by atoms with Gasteiger partial charge < -0.3 is 9.73 Å². The summed E-state index contributed by atoms with van der Waals surface area (Å²) < 4.78 is 42.6. The molecule has 2 rings (SSSR count). The Hall–Kier alpha value is -1.27. The molecular formula is C13H11ClF3NOS. The Bertz CT molecular complexity index is 556. The van der Waals surface area contributed by atoms with Crippen molar-refractivity contribution >= 4 is 29.1 Å². The average Bonchev–Trinajstić information content (AvgIpc) is 2.81. The standard InChI is InChI=1S/C13H11ClF3NOS/c14-8-3-9(15)5-10(4-8)18-6-11-1-2-12(19-11)7-20-13(16)17/h1-5,13,18H,6-7H2. The summed E-state index contributed by atoms with van der Waals surface area (Å²) >= 11 is 6.23. The summed E-state index contributed by atoms with van der Waals surface area (Å²) in [7, 11) is 0. The van der Waals surface area contributed by atoms with Crippen LogP contribution in [-0.2, 0) is 12.3 Å². The molecule has 1 aromatic carbocycles. The topological polar surface area (TPSA) is 25.2 Å². The SMILES string of the molecule is Fc1cc(Cl)cc(NCc2ccc(CSC(F)F)o2)c1. The van der Waals surface area contributed by atoms with E-state index in [1.165, 1.54) is 12.1 Å². The first kappa shape index (κ1) is 15.1. The number of halogens is 4. The van der Waals surface area contributed by atoms with Gasteiger partial charge >= 0.3 is 0 Å². The van der Waals surface area contributed by atoms with E-state index in [1.54, 1.807) is 18.2 Å². The predicted molar refractivity (Wildman–Crippen MR) is 74.7 cm³/mol. The maximum atomic E-state index is 13.1. The number of hydrogen-bond acceptors (Lipinski definition) is 3. The maximum Gasteiger partial charge on any atom is 0.284 e. The van der Waals surface area contributed by atoms with Crippen LogP contribution in [0.1, 0.15) is 11.5 Å². The summed E-state index contributed by atoms with van der Waals surface area (Å²) in [6, 6.07) is 7.43. The van der Waals surface area contributed by atoms with E-state index in [4.69, 9.17) is 16.0 Å². The quantitative estimate of drug-likeness (QED) is 0.797. The molecule has 0 spiro atoms. The molecule has 20 heavy (non-hydrogen) atoms. The van der Waals surface area contributed by atoms with Crippen molar-refractivity contribution in [3.05, 3.63) is 52.7 Å². The number of anilines is 1. The lowest BCUT2D eigenvalue weighted by Crippen LogP contribution is -1.98. The fourth-order valence-electron chi connectivity index (χ4n) is 1.59. The first-order chi connectivity index (χ1) is 9.52. The van der Waals surface area contributed by atoms with Crippen LogP contribution < -0.4 is 5.32 Å². The van der Waals surface area contributed by atoms with E-state index in [-0.39, 0.29) is 5.75 Å². The van der Waals surface area contributed by atoms with Gasteiger partial charge in [0.25, 0.3) is 5.76 Å². The fourth-order valence-corrected chi connectivity index (χ4v) is 2.25. The molecule has 2 aromatic rings. The number of benzene rings is 1. The number of hydrogen-bond donors (Lipinski definition) is 1. The molecule has 0 fully saturated rings. The van der Waals surface area contributed by atoms with Crippen molar-refractivity contribution in [2.24, 2.45) is 0 Å². The second-order valence-corrected chi connectivity index (χ2v) is 5.37. The number of furan rings is 1. The van der Waals surface area contributed by atoms with Gasteiger partial charge in [-0.3, -0.25) is 0 Å². The Labute approximate surface area is 123 Å². The van der Waals surface area contributed by atoms with Gasteiger partial charge in [-0.25, -0.2) is 4.39 Å². The lowest BCUT2D eigenvalue weighted by molar-refractivity contribution is 0.251. The molecule has 108 valence electrons. The summed E-state index contributed by atoms with van der Waals surface area (Å²) in [6.45, 7) is 0.319. The third-order valence-electron chi connectivity index (χ3n) is 2.40. The zero-order valence-corrected chi connectivity index (χ0v) is 11.8. The van der Waals surface area contributed by atoms with E-state index < -0.39 is 11.6 Å². The zero-order valence-electron chi connectivity index (χ0n) is 10.2. The van der Waals surface area contributed by atoms with Crippen LogP contribution >= 0.6 is 23.4 Å². The van der Waals surface area contributed by atoms with Gasteiger partial charge in [0.1, 0.15) is 17.3 Å². The van der Waals surface area contributed by atoms with Crippen LogP contribution in [0.3, 0.4) is 0 Å². The molecule has 0 atom stereocenters. The summed E-state index contributed by atoms with van der Waals surface area (Å²) in [5, 5.41) is 3.24. The van der Waals surface area contributed by atoms with Crippen LogP contribution in [-0.4, -0.2) is 5.76 Å². The van der Waals surface area contributed by atoms with Crippen molar-refractivity contribution in [3.63, 3.8) is 0 Å².